The zero-order chi connectivity index (χ0) is 12.1. The Kier molecular flexibility index (Phi) is 5.08. The molecule has 0 aliphatic heterocycles. The van der Waals surface area contributed by atoms with Crippen LogP contribution in [-0.4, -0.2) is 41.5 Å². The third-order valence-corrected chi connectivity index (χ3v) is 2.52. The Labute approximate surface area is 103 Å². The summed E-state index contributed by atoms with van der Waals surface area (Å²) in [5.74, 6) is 0.840. The van der Waals surface area contributed by atoms with Crippen LogP contribution in [0, 0.1) is 0 Å². The molecule has 0 spiro atoms. The van der Waals surface area contributed by atoms with E-state index in [9.17, 15) is 0 Å². The lowest BCUT2D eigenvalue weighted by Crippen LogP contribution is -2.28. The fourth-order valence-corrected chi connectivity index (χ4v) is 1.59. The topological polar surface area (TPSA) is 77.4 Å². The minimum atomic E-state index is -0.504. The zero-order valence-corrected chi connectivity index (χ0v) is 10.2. The van der Waals surface area contributed by atoms with Crippen LogP contribution in [0.15, 0.2) is 6.07 Å². The fraction of sp³-hybridized carbons (Fsp3) is 0.444. The normalized spacial score (nSPS) is 10.6. The Morgan fingerprint density at radius 3 is 2.31 bits per heavy atom. The predicted molar refractivity (Wildman–Crippen MR) is 65.4 cm³/mol. The summed E-state index contributed by atoms with van der Waals surface area (Å²) in [4.78, 5) is 4.12. The van der Waals surface area contributed by atoms with Gasteiger partial charge in [0.15, 0.2) is 0 Å². The average molecular weight is 266 g/mol. The second kappa shape index (κ2) is 6.10. The van der Waals surface area contributed by atoms with E-state index in [0.29, 0.717) is 21.7 Å². The van der Waals surface area contributed by atoms with Crippen molar-refractivity contribution in [1.82, 2.24) is 4.98 Å². The minimum Gasteiger partial charge on any atom is -0.394 e. The summed E-state index contributed by atoms with van der Waals surface area (Å²) in [5, 5.41) is 24.2. The predicted octanol–water partition coefficient (Wildman–Crippen LogP) is 1.20. The highest BCUT2D eigenvalue weighted by atomic mass is 35.5. The number of halogens is 2. The number of nitrogens with one attached hydrogen (secondary N) is 2. The quantitative estimate of drug-likeness (QED) is 0.644. The summed E-state index contributed by atoms with van der Waals surface area (Å²) in [5.41, 5.74) is 0. The fourth-order valence-electron chi connectivity index (χ4n) is 1.09. The highest BCUT2D eigenvalue weighted by Gasteiger charge is 2.12. The Morgan fingerprint density at radius 2 is 1.81 bits per heavy atom. The second-order valence-corrected chi connectivity index (χ2v) is 3.92. The largest absolute Gasteiger partial charge is 0.394 e. The van der Waals surface area contributed by atoms with Gasteiger partial charge < -0.3 is 20.8 Å². The van der Waals surface area contributed by atoms with Gasteiger partial charge in [-0.25, -0.2) is 4.98 Å². The van der Waals surface area contributed by atoms with Crippen LogP contribution >= 0.6 is 23.2 Å². The number of aliphatic hydroxyl groups is 2. The first-order valence-corrected chi connectivity index (χ1v) is 5.40. The van der Waals surface area contributed by atoms with Gasteiger partial charge in [0.05, 0.1) is 29.3 Å². The molecule has 0 aliphatic rings. The molecule has 0 fully saturated rings. The molecule has 0 aliphatic carbocycles. The highest BCUT2D eigenvalue weighted by molar-refractivity contribution is 6.37. The molecule has 0 radical (unpaired) electrons. The van der Waals surface area contributed by atoms with E-state index in [-0.39, 0.29) is 13.2 Å². The van der Waals surface area contributed by atoms with Gasteiger partial charge >= 0.3 is 0 Å². The number of pyridine rings is 1. The first-order valence-electron chi connectivity index (χ1n) is 4.64. The molecule has 1 aromatic rings. The SMILES string of the molecule is CNc1nc(NC(CO)CO)c(Cl)cc1Cl. The van der Waals surface area contributed by atoms with Gasteiger partial charge in [-0.05, 0) is 6.07 Å². The van der Waals surface area contributed by atoms with Crippen LogP contribution in [0.25, 0.3) is 0 Å². The van der Waals surface area contributed by atoms with Gasteiger partial charge in [-0.3, -0.25) is 0 Å². The van der Waals surface area contributed by atoms with Crippen molar-refractivity contribution in [2.24, 2.45) is 0 Å². The lowest BCUT2D eigenvalue weighted by Gasteiger charge is -2.16. The van der Waals surface area contributed by atoms with Gasteiger partial charge in [0.2, 0.25) is 0 Å². The molecule has 90 valence electrons. The van der Waals surface area contributed by atoms with Crippen LogP contribution in [0.4, 0.5) is 11.6 Å². The summed E-state index contributed by atoms with van der Waals surface area (Å²) in [6.07, 6.45) is 0. The van der Waals surface area contributed by atoms with Crippen LogP contribution in [-0.2, 0) is 0 Å². The van der Waals surface area contributed by atoms with Gasteiger partial charge in [0.1, 0.15) is 11.6 Å². The van der Waals surface area contributed by atoms with E-state index >= 15 is 0 Å². The first-order chi connectivity index (χ1) is 7.62. The number of anilines is 2. The van der Waals surface area contributed by atoms with Crippen LogP contribution < -0.4 is 10.6 Å². The molecule has 1 aromatic heterocycles. The molecule has 0 atom stereocenters. The highest BCUT2D eigenvalue weighted by Crippen LogP contribution is 2.29. The van der Waals surface area contributed by atoms with E-state index in [4.69, 9.17) is 33.4 Å². The third-order valence-electron chi connectivity index (χ3n) is 1.95. The summed E-state index contributed by atoms with van der Waals surface area (Å²) >= 11 is 11.8. The maximum atomic E-state index is 8.92. The number of rotatable bonds is 5. The molecular formula is C9H13Cl2N3O2. The standard InChI is InChI=1S/C9H13Cl2N3O2/c1-12-8-6(10)2-7(11)9(14-8)13-5(3-15)4-16/h2,5,15-16H,3-4H2,1H3,(H2,12,13,14). The van der Waals surface area contributed by atoms with E-state index in [1.807, 2.05) is 0 Å². The van der Waals surface area contributed by atoms with E-state index in [2.05, 4.69) is 15.6 Å². The van der Waals surface area contributed by atoms with Gasteiger partial charge in [-0.1, -0.05) is 23.2 Å². The number of nitrogens with zero attached hydrogens (tertiary/aromatic N) is 1. The molecule has 4 N–H and O–H groups in total. The minimum absolute atomic E-state index is 0.216. The maximum Gasteiger partial charge on any atom is 0.147 e. The summed E-state index contributed by atoms with van der Waals surface area (Å²) in [7, 11) is 1.68. The zero-order valence-electron chi connectivity index (χ0n) is 8.67. The summed E-state index contributed by atoms with van der Waals surface area (Å²) in [6.45, 7) is -0.432. The van der Waals surface area contributed by atoms with E-state index in [1.165, 1.54) is 6.07 Å². The molecule has 0 aromatic carbocycles. The third kappa shape index (κ3) is 3.12. The molecule has 7 heteroatoms. The first kappa shape index (κ1) is 13.3. The van der Waals surface area contributed by atoms with Crippen molar-refractivity contribution in [3.63, 3.8) is 0 Å². The molecule has 16 heavy (non-hydrogen) atoms. The number of aromatic nitrogens is 1. The molecule has 1 heterocycles. The molecule has 0 amide bonds. The van der Waals surface area contributed by atoms with Crippen molar-refractivity contribution in [3.05, 3.63) is 16.1 Å². The Balaban J connectivity index is 2.95. The molecule has 1 rings (SSSR count). The number of hydrogen-bond donors (Lipinski definition) is 4. The van der Waals surface area contributed by atoms with E-state index in [1.54, 1.807) is 7.05 Å². The van der Waals surface area contributed by atoms with Gasteiger partial charge in [0.25, 0.3) is 0 Å². The van der Waals surface area contributed by atoms with E-state index in [0.717, 1.165) is 0 Å². The Bertz CT molecular complexity index is 359. The van der Waals surface area contributed by atoms with Crippen molar-refractivity contribution in [2.75, 3.05) is 30.9 Å². The van der Waals surface area contributed by atoms with Gasteiger partial charge in [-0.2, -0.15) is 0 Å². The summed E-state index contributed by atoms with van der Waals surface area (Å²) < 4.78 is 0. The molecule has 0 saturated carbocycles. The Hall–Kier alpha value is -0.750. The van der Waals surface area contributed by atoms with Gasteiger partial charge in [-0.15, -0.1) is 0 Å². The van der Waals surface area contributed by atoms with Crippen molar-refractivity contribution in [1.29, 1.82) is 0 Å². The van der Waals surface area contributed by atoms with Gasteiger partial charge in [0, 0.05) is 7.05 Å². The summed E-state index contributed by atoms with van der Waals surface area (Å²) in [6, 6.07) is 1.03. The monoisotopic (exact) mass is 265 g/mol. The van der Waals surface area contributed by atoms with Crippen LogP contribution in [0.1, 0.15) is 0 Å². The van der Waals surface area contributed by atoms with E-state index < -0.39 is 6.04 Å². The maximum absolute atomic E-state index is 8.92. The molecule has 5 nitrogen and oxygen atoms in total. The Morgan fingerprint density at radius 1 is 1.25 bits per heavy atom. The smallest absolute Gasteiger partial charge is 0.147 e. The van der Waals surface area contributed by atoms with Crippen LogP contribution in [0.5, 0.6) is 0 Å². The van der Waals surface area contributed by atoms with Crippen molar-refractivity contribution < 1.29 is 10.2 Å². The average Bonchev–Trinajstić information content (AvgIpc) is 2.28. The molecular weight excluding hydrogens is 253 g/mol. The van der Waals surface area contributed by atoms with Crippen molar-refractivity contribution in [2.45, 2.75) is 6.04 Å². The van der Waals surface area contributed by atoms with Crippen molar-refractivity contribution in [3.8, 4) is 0 Å². The molecule has 0 saturated heterocycles. The lowest BCUT2D eigenvalue weighted by molar-refractivity contribution is 0.203. The van der Waals surface area contributed by atoms with Crippen LogP contribution in [0.3, 0.4) is 0 Å². The molecule has 0 bridgehead atoms. The number of aliphatic hydroxyl groups excluding tert-OH is 2. The van der Waals surface area contributed by atoms with Crippen LogP contribution in [0.2, 0.25) is 10.0 Å². The molecule has 0 unspecified atom stereocenters. The lowest BCUT2D eigenvalue weighted by atomic mass is 10.3. The van der Waals surface area contributed by atoms with Crippen molar-refractivity contribution >= 4 is 34.8 Å². The second-order valence-electron chi connectivity index (χ2n) is 3.11. The number of hydrogen-bond acceptors (Lipinski definition) is 5.